The molecule has 3 rings (SSSR count). The van der Waals surface area contributed by atoms with Crippen LogP contribution in [0.15, 0.2) is 29.4 Å². The highest BCUT2D eigenvalue weighted by molar-refractivity contribution is 7.99. The Morgan fingerprint density at radius 3 is 2.66 bits per heavy atom. The van der Waals surface area contributed by atoms with E-state index in [0.717, 1.165) is 32.1 Å². The fourth-order valence-corrected chi connectivity index (χ4v) is 5.10. The number of benzene rings is 1. The molecule has 0 unspecified atom stereocenters. The van der Waals surface area contributed by atoms with E-state index < -0.39 is 5.54 Å². The molecule has 1 amide bonds. The summed E-state index contributed by atoms with van der Waals surface area (Å²) in [7, 11) is 0. The third kappa shape index (κ3) is 5.96. The molecule has 1 aromatic carbocycles. The zero-order valence-corrected chi connectivity index (χ0v) is 20.2. The highest BCUT2D eigenvalue weighted by atomic mass is 35.5. The largest absolute Gasteiger partial charge is 0.484 e. The van der Waals surface area contributed by atoms with Crippen LogP contribution in [-0.2, 0) is 11.4 Å². The summed E-state index contributed by atoms with van der Waals surface area (Å²) in [6.07, 6.45) is 6.31. The van der Waals surface area contributed by atoms with Crippen molar-refractivity contribution < 1.29 is 9.53 Å². The Hall–Kier alpha value is -2.24. The van der Waals surface area contributed by atoms with Crippen LogP contribution >= 0.6 is 23.4 Å². The van der Waals surface area contributed by atoms with Crippen molar-refractivity contribution in [2.75, 3.05) is 5.75 Å². The number of halogens is 1. The first-order valence-corrected chi connectivity index (χ1v) is 12.5. The Kier molecular flexibility index (Phi) is 8.83. The third-order valence-electron chi connectivity index (χ3n) is 5.87. The van der Waals surface area contributed by atoms with Gasteiger partial charge in [-0.15, -0.1) is 10.2 Å². The van der Waals surface area contributed by atoms with Gasteiger partial charge in [-0.3, -0.25) is 4.79 Å². The van der Waals surface area contributed by atoms with E-state index in [2.05, 4.69) is 40.0 Å². The summed E-state index contributed by atoms with van der Waals surface area (Å²) in [5, 5.41) is 22.5. The molecule has 1 fully saturated rings. The number of nitrogens with one attached hydrogen (secondary N) is 1. The number of hydrogen-bond acceptors (Lipinski definition) is 6. The highest BCUT2D eigenvalue weighted by Crippen LogP contribution is 2.30. The lowest BCUT2D eigenvalue weighted by Gasteiger charge is -2.31. The Bertz CT molecular complexity index is 948. The summed E-state index contributed by atoms with van der Waals surface area (Å²) in [5.41, 5.74) is -0.729. The molecule has 172 valence electrons. The lowest BCUT2D eigenvalue weighted by Crippen LogP contribution is -2.49. The Morgan fingerprint density at radius 2 is 2.00 bits per heavy atom. The van der Waals surface area contributed by atoms with Crippen LogP contribution in [0.5, 0.6) is 5.75 Å². The van der Waals surface area contributed by atoms with E-state index in [9.17, 15) is 10.1 Å². The van der Waals surface area contributed by atoms with Crippen LogP contribution in [0.3, 0.4) is 0 Å². The highest BCUT2D eigenvalue weighted by Gasteiger charge is 2.33. The standard InChI is InChI=1S/C23H30ClN5O2S/c1-3-17(4-2)29-20(14-31-19-11-7-6-10-18(19)24)27-28-22(29)32-15-21(30)26-23(16-25)12-8-5-9-13-23/h6-7,10-11,17H,3-5,8-9,12-15H2,1-2H3,(H,26,30). The Labute approximate surface area is 198 Å². The fourth-order valence-electron chi connectivity index (χ4n) is 4.08. The van der Waals surface area contributed by atoms with E-state index in [-0.39, 0.29) is 24.3 Å². The zero-order valence-electron chi connectivity index (χ0n) is 18.6. The van der Waals surface area contributed by atoms with Crippen molar-refractivity contribution in [3.8, 4) is 11.8 Å². The number of hydrogen-bond donors (Lipinski definition) is 1. The van der Waals surface area contributed by atoms with Crippen molar-refractivity contribution in [1.82, 2.24) is 20.1 Å². The SMILES string of the molecule is CCC(CC)n1c(COc2ccccc2Cl)nnc1SCC(=O)NC1(C#N)CCCCC1. The van der Waals surface area contributed by atoms with E-state index in [1.165, 1.54) is 11.8 Å². The maximum absolute atomic E-state index is 12.6. The summed E-state index contributed by atoms with van der Waals surface area (Å²) in [6, 6.07) is 9.85. The molecule has 0 aliphatic heterocycles. The molecule has 1 saturated carbocycles. The molecule has 1 aliphatic carbocycles. The lowest BCUT2D eigenvalue weighted by atomic mass is 9.83. The van der Waals surface area contributed by atoms with Gasteiger partial charge in [0.1, 0.15) is 17.9 Å². The van der Waals surface area contributed by atoms with Crippen molar-refractivity contribution in [3.63, 3.8) is 0 Å². The number of nitrogens with zero attached hydrogens (tertiary/aromatic N) is 4. The predicted octanol–water partition coefficient (Wildman–Crippen LogP) is 5.31. The second-order valence-corrected chi connectivity index (χ2v) is 9.40. The number of carbonyl (C=O) groups excluding carboxylic acids is 1. The Balaban J connectivity index is 1.69. The van der Waals surface area contributed by atoms with Crippen LogP contribution in [0.25, 0.3) is 0 Å². The van der Waals surface area contributed by atoms with Gasteiger partial charge in [-0.2, -0.15) is 5.26 Å². The average Bonchev–Trinajstić information content (AvgIpc) is 3.21. The van der Waals surface area contributed by atoms with Gasteiger partial charge in [-0.1, -0.05) is 68.6 Å². The van der Waals surface area contributed by atoms with Crippen LogP contribution < -0.4 is 10.1 Å². The minimum Gasteiger partial charge on any atom is -0.484 e. The van der Waals surface area contributed by atoms with Crippen LogP contribution in [0, 0.1) is 11.3 Å². The number of nitriles is 1. The topological polar surface area (TPSA) is 92.8 Å². The van der Waals surface area contributed by atoms with E-state index in [0.29, 0.717) is 34.6 Å². The quantitative estimate of drug-likeness (QED) is 0.468. The van der Waals surface area contributed by atoms with E-state index in [1.807, 2.05) is 18.2 Å². The van der Waals surface area contributed by atoms with Gasteiger partial charge in [0, 0.05) is 6.04 Å². The lowest BCUT2D eigenvalue weighted by molar-refractivity contribution is -0.120. The van der Waals surface area contributed by atoms with Crippen LogP contribution in [0.2, 0.25) is 5.02 Å². The van der Waals surface area contributed by atoms with Gasteiger partial charge in [0.15, 0.2) is 11.0 Å². The number of aromatic nitrogens is 3. The van der Waals surface area contributed by atoms with Gasteiger partial charge in [-0.25, -0.2) is 0 Å². The van der Waals surface area contributed by atoms with Crippen molar-refractivity contribution in [3.05, 3.63) is 35.1 Å². The van der Waals surface area contributed by atoms with Gasteiger partial charge < -0.3 is 14.6 Å². The minimum atomic E-state index is -0.729. The number of ether oxygens (including phenoxy) is 1. The second-order valence-electron chi connectivity index (χ2n) is 8.05. The maximum atomic E-state index is 12.6. The van der Waals surface area contributed by atoms with Crippen LogP contribution in [-0.4, -0.2) is 32.0 Å². The molecule has 0 bridgehead atoms. The van der Waals surface area contributed by atoms with Crippen molar-refractivity contribution >= 4 is 29.3 Å². The molecule has 1 aliphatic rings. The van der Waals surface area contributed by atoms with Crippen LogP contribution in [0.1, 0.15) is 70.7 Å². The second kappa shape index (κ2) is 11.6. The number of para-hydroxylation sites is 1. The summed E-state index contributed by atoms with van der Waals surface area (Å²) in [6.45, 7) is 4.47. The molecule has 9 heteroatoms. The maximum Gasteiger partial charge on any atom is 0.231 e. The number of amides is 1. The summed E-state index contributed by atoms with van der Waals surface area (Å²) >= 11 is 7.54. The van der Waals surface area contributed by atoms with Crippen molar-refractivity contribution in [2.45, 2.75) is 82.1 Å². The van der Waals surface area contributed by atoms with Crippen molar-refractivity contribution in [2.24, 2.45) is 0 Å². The van der Waals surface area contributed by atoms with Gasteiger partial charge >= 0.3 is 0 Å². The van der Waals surface area contributed by atoms with E-state index in [4.69, 9.17) is 16.3 Å². The smallest absolute Gasteiger partial charge is 0.231 e. The van der Waals surface area contributed by atoms with Gasteiger partial charge in [0.25, 0.3) is 0 Å². The minimum absolute atomic E-state index is 0.147. The number of thioether (sulfide) groups is 1. The monoisotopic (exact) mass is 475 g/mol. The molecule has 7 nitrogen and oxygen atoms in total. The molecule has 2 aromatic rings. The molecule has 0 spiro atoms. The van der Waals surface area contributed by atoms with Gasteiger partial charge in [0.2, 0.25) is 5.91 Å². The summed E-state index contributed by atoms with van der Waals surface area (Å²) in [4.78, 5) is 12.6. The molecular weight excluding hydrogens is 446 g/mol. The predicted molar refractivity (Wildman–Crippen MR) is 126 cm³/mol. The molecule has 1 aromatic heterocycles. The first-order chi connectivity index (χ1) is 15.5. The van der Waals surface area contributed by atoms with E-state index in [1.54, 1.807) is 6.07 Å². The first kappa shape index (κ1) is 24.4. The molecular formula is C23H30ClN5O2S. The summed E-state index contributed by atoms with van der Waals surface area (Å²) in [5.74, 6) is 1.33. The number of carbonyl (C=O) groups is 1. The fraction of sp³-hybridized carbons (Fsp3) is 0.565. The Morgan fingerprint density at radius 1 is 1.28 bits per heavy atom. The first-order valence-electron chi connectivity index (χ1n) is 11.2. The van der Waals surface area contributed by atoms with Gasteiger partial charge in [-0.05, 0) is 37.8 Å². The van der Waals surface area contributed by atoms with Crippen molar-refractivity contribution in [1.29, 1.82) is 5.26 Å². The summed E-state index contributed by atoms with van der Waals surface area (Å²) < 4.78 is 7.95. The molecule has 0 atom stereocenters. The normalized spacial score (nSPS) is 15.3. The molecule has 32 heavy (non-hydrogen) atoms. The van der Waals surface area contributed by atoms with Crippen LogP contribution in [0.4, 0.5) is 0 Å². The average molecular weight is 476 g/mol. The number of rotatable bonds is 10. The van der Waals surface area contributed by atoms with Gasteiger partial charge in [0.05, 0.1) is 16.8 Å². The molecule has 1 heterocycles. The van der Waals surface area contributed by atoms with E-state index >= 15 is 0 Å². The molecule has 0 radical (unpaired) electrons. The molecule has 1 N–H and O–H groups in total. The molecule has 0 saturated heterocycles. The zero-order chi connectivity index (χ0) is 23.0. The third-order valence-corrected chi connectivity index (χ3v) is 7.12.